The highest BCUT2D eigenvalue weighted by Crippen LogP contribution is 2.46. The molecule has 1 aliphatic rings. The van der Waals surface area contributed by atoms with Gasteiger partial charge in [-0.15, -0.1) is 0 Å². The number of benzene rings is 3. The average molecular weight is 564 g/mol. The van der Waals surface area contributed by atoms with Crippen molar-refractivity contribution in [3.05, 3.63) is 82.7 Å². The lowest BCUT2D eigenvalue weighted by Gasteiger charge is -2.16. The summed E-state index contributed by atoms with van der Waals surface area (Å²) in [6.07, 6.45) is -0.213. The Balaban J connectivity index is 1.37. The van der Waals surface area contributed by atoms with Crippen LogP contribution in [0, 0.1) is 6.92 Å². The molecule has 10 nitrogen and oxygen atoms in total. The molecule has 1 N–H and O–H groups in total. The first kappa shape index (κ1) is 27.2. The largest absolute Gasteiger partial charge is 0.493 e. The summed E-state index contributed by atoms with van der Waals surface area (Å²) in [5.41, 5.74) is 2.63. The number of aryl methyl sites for hydroxylation is 1. The van der Waals surface area contributed by atoms with Crippen LogP contribution in [-0.2, 0) is 33.5 Å². The van der Waals surface area contributed by atoms with Crippen LogP contribution in [-0.4, -0.2) is 38.6 Å². The third-order valence-corrected chi connectivity index (χ3v) is 7.72. The monoisotopic (exact) mass is 563 g/mol. The fraction of sp³-hybridized carbons (Fsp3) is 0.276. The number of carbonyl (C=O) groups excluding carboxylic acids is 2. The van der Waals surface area contributed by atoms with E-state index >= 15 is 0 Å². The Morgan fingerprint density at radius 1 is 1.02 bits per heavy atom. The van der Waals surface area contributed by atoms with E-state index in [0.29, 0.717) is 53.0 Å². The number of carbonyl (C=O) groups is 2. The molecular weight excluding hydrogens is 534 g/mol. The topological polar surface area (TPSA) is 128 Å². The summed E-state index contributed by atoms with van der Waals surface area (Å²) in [4.78, 5) is 27.5. The minimum atomic E-state index is -3.95. The van der Waals surface area contributed by atoms with E-state index in [-0.39, 0.29) is 18.9 Å². The molecule has 0 aliphatic carbocycles. The van der Waals surface area contributed by atoms with Crippen molar-refractivity contribution in [2.75, 3.05) is 18.1 Å². The minimum Gasteiger partial charge on any atom is -0.493 e. The highest BCUT2D eigenvalue weighted by Gasteiger charge is 2.36. The van der Waals surface area contributed by atoms with E-state index in [0.717, 1.165) is 16.3 Å². The summed E-state index contributed by atoms with van der Waals surface area (Å²) >= 11 is 0. The predicted octanol–water partition coefficient (Wildman–Crippen LogP) is 4.28. The van der Waals surface area contributed by atoms with Crippen LogP contribution in [0.1, 0.15) is 46.8 Å². The van der Waals surface area contributed by atoms with Gasteiger partial charge in [0.05, 0.1) is 43.2 Å². The predicted molar refractivity (Wildman–Crippen MR) is 149 cm³/mol. The van der Waals surface area contributed by atoms with E-state index in [4.69, 9.17) is 14.0 Å². The first-order valence-electron chi connectivity index (χ1n) is 12.9. The highest BCUT2D eigenvalue weighted by atomic mass is 32.2. The highest BCUT2D eigenvalue weighted by molar-refractivity contribution is 7.89. The number of nitrogens with one attached hydrogen (secondary N) is 1. The van der Waals surface area contributed by atoms with Gasteiger partial charge in [0.25, 0.3) is 5.91 Å². The lowest BCUT2D eigenvalue weighted by molar-refractivity contribution is -0.118. The Morgan fingerprint density at radius 3 is 2.30 bits per heavy atom. The van der Waals surface area contributed by atoms with Crippen molar-refractivity contribution in [3.63, 3.8) is 0 Å². The molecule has 1 aliphatic heterocycles. The van der Waals surface area contributed by atoms with E-state index in [2.05, 4.69) is 9.88 Å². The molecule has 0 saturated carbocycles. The molecule has 4 aromatic rings. The van der Waals surface area contributed by atoms with Crippen molar-refractivity contribution in [1.82, 2.24) is 9.88 Å². The minimum absolute atomic E-state index is 0.213. The van der Waals surface area contributed by atoms with Crippen molar-refractivity contribution in [2.24, 2.45) is 0 Å². The van der Waals surface area contributed by atoms with Gasteiger partial charge >= 0.3 is 0 Å². The van der Waals surface area contributed by atoms with Gasteiger partial charge in [-0.3, -0.25) is 14.3 Å². The maximum absolute atomic E-state index is 13.7. The number of ether oxygens (including phenoxy) is 2. The molecule has 3 aromatic carbocycles. The fourth-order valence-corrected chi connectivity index (χ4v) is 6.01. The van der Waals surface area contributed by atoms with Crippen molar-refractivity contribution in [3.8, 4) is 11.5 Å². The van der Waals surface area contributed by atoms with E-state index in [1.807, 2.05) is 38.1 Å². The van der Waals surface area contributed by atoms with Crippen molar-refractivity contribution >= 4 is 38.3 Å². The standard InChI is InChI=1S/C29H29N3O7S/c1-4-37-27-22-8-6-7-9-23(22)28(38-5-2)26-24(27)16-32(29(26)34)21-12-10-19(11-13-21)17-40(35,36)31-25(33)15-20-14-18(3)39-30-20/h6-14H,4-5,15-17H2,1-3H3,(H,31,33). The first-order chi connectivity index (χ1) is 19.2. The number of hydrogen-bond acceptors (Lipinski definition) is 8. The third-order valence-electron chi connectivity index (χ3n) is 6.46. The summed E-state index contributed by atoms with van der Waals surface area (Å²) in [5.74, 6) is 0.393. The molecule has 2 heterocycles. The van der Waals surface area contributed by atoms with Crippen LogP contribution in [0.5, 0.6) is 11.5 Å². The summed E-state index contributed by atoms with van der Waals surface area (Å²) in [6, 6.07) is 15.9. The maximum Gasteiger partial charge on any atom is 0.262 e. The Morgan fingerprint density at radius 2 is 1.68 bits per heavy atom. The fourth-order valence-electron chi connectivity index (χ4n) is 4.88. The Kier molecular flexibility index (Phi) is 7.49. The van der Waals surface area contributed by atoms with Crippen molar-refractivity contribution in [2.45, 2.75) is 39.5 Å². The van der Waals surface area contributed by atoms with Crippen LogP contribution in [0.25, 0.3) is 10.8 Å². The maximum atomic E-state index is 13.7. The number of anilines is 1. The smallest absolute Gasteiger partial charge is 0.262 e. The Hall–Kier alpha value is -4.38. The van der Waals surface area contributed by atoms with E-state index in [1.165, 1.54) is 0 Å². The van der Waals surface area contributed by atoms with Gasteiger partial charge in [0, 0.05) is 28.1 Å². The number of nitrogens with zero attached hydrogens (tertiary/aromatic N) is 2. The normalized spacial score (nSPS) is 13.0. The number of rotatable bonds is 10. The summed E-state index contributed by atoms with van der Waals surface area (Å²) in [5, 5.41) is 5.39. The van der Waals surface area contributed by atoms with Gasteiger partial charge in [-0.05, 0) is 38.5 Å². The lowest BCUT2D eigenvalue weighted by atomic mass is 9.99. The number of fused-ring (bicyclic) bond motifs is 2. The molecule has 5 rings (SSSR count). The second-order valence-electron chi connectivity index (χ2n) is 9.37. The molecule has 0 saturated heterocycles. The van der Waals surface area contributed by atoms with Gasteiger partial charge in [0.1, 0.15) is 17.3 Å². The summed E-state index contributed by atoms with van der Waals surface area (Å²) in [7, 11) is -3.95. The van der Waals surface area contributed by atoms with Gasteiger partial charge < -0.3 is 18.9 Å². The van der Waals surface area contributed by atoms with E-state index in [1.54, 1.807) is 42.2 Å². The third kappa shape index (κ3) is 5.37. The van der Waals surface area contributed by atoms with Crippen LogP contribution in [0.4, 0.5) is 5.69 Å². The average Bonchev–Trinajstić information content (AvgIpc) is 3.48. The molecule has 0 spiro atoms. The molecule has 0 bridgehead atoms. The molecule has 208 valence electrons. The van der Waals surface area contributed by atoms with Gasteiger partial charge in [-0.2, -0.15) is 0 Å². The van der Waals surface area contributed by atoms with Crippen LogP contribution in [0.2, 0.25) is 0 Å². The van der Waals surface area contributed by atoms with Crippen molar-refractivity contribution in [1.29, 1.82) is 0 Å². The Bertz CT molecular complexity index is 1690. The molecule has 2 amide bonds. The molecule has 0 fully saturated rings. The number of sulfonamides is 1. The zero-order chi connectivity index (χ0) is 28.4. The zero-order valence-corrected chi connectivity index (χ0v) is 23.2. The van der Waals surface area contributed by atoms with Gasteiger partial charge in [-0.1, -0.05) is 41.6 Å². The van der Waals surface area contributed by atoms with Crippen LogP contribution >= 0.6 is 0 Å². The zero-order valence-electron chi connectivity index (χ0n) is 22.4. The van der Waals surface area contributed by atoms with Gasteiger partial charge in [0.15, 0.2) is 0 Å². The number of hydrogen-bond donors (Lipinski definition) is 1. The van der Waals surface area contributed by atoms with Gasteiger partial charge in [0.2, 0.25) is 15.9 Å². The number of aromatic nitrogens is 1. The molecule has 11 heteroatoms. The quantitative estimate of drug-likeness (QED) is 0.303. The molecule has 1 aromatic heterocycles. The first-order valence-corrected chi connectivity index (χ1v) is 14.6. The molecule has 40 heavy (non-hydrogen) atoms. The number of amides is 2. The van der Waals surface area contributed by atoms with Gasteiger partial charge in [-0.25, -0.2) is 8.42 Å². The van der Waals surface area contributed by atoms with Crippen LogP contribution in [0.3, 0.4) is 0 Å². The second kappa shape index (κ2) is 11.0. The van der Waals surface area contributed by atoms with E-state index in [9.17, 15) is 18.0 Å². The Labute approximate surface area is 231 Å². The van der Waals surface area contributed by atoms with Crippen molar-refractivity contribution < 1.29 is 32.0 Å². The van der Waals surface area contributed by atoms with Crippen LogP contribution in [0.15, 0.2) is 59.1 Å². The lowest BCUT2D eigenvalue weighted by Crippen LogP contribution is -2.32. The van der Waals surface area contributed by atoms with Crippen LogP contribution < -0.4 is 19.1 Å². The summed E-state index contributed by atoms with van der Waals surface area (Å²) in [6.45, 7) is 6.58. The molecular formula is C29H29N3O7S. The van der Waals surface area contributed by atoms with E-state index < -0.39 is 21.7 Å². The second-order valence-corrected chi connectivity index (χ2v) is 11.1. The molecule has 0 atom stereocenters. The summed E-state index contributed by atoms with van der Waals surface area (Å²) < 4.78 is 44.2. The molecule has 0 radical (unpaired) electrons. The SMILES string of the molecule is CCOc1c2c(c(OCC)c3ccccc13)C(=O)N(c1ccc(CS(=O)(=O)NC(=O)Cc3cc(C)on3)cc1)C2. The molecule has 0 unspecified atom stereocenters.